The molecule has 0 saturated carbocycles. The summed E-state index contributed by atoms with van der Waals surface area (Å²) in [6.07, 6.45) is 0. The minimum atomic E-state index is 0. The molecule has 1 aromatic rings. The third kappa shape index (κ3) is 6.69. The quantitative estimate of drug-likeness (QED) is 0.547. The fraction of sp³-hybridized carbons (Fsp3) is 0.200. The van der Waals surface area contributed by atoms with Crippen LogP contribution in [0.15, 0.2) is 24.3 Å². The maximum Gasteiger partial charge on any atom is 0 e. The van der Waals surface area contributed by atoms with Crippen LogP contribution in [0, 0.1) is 14.4 Å². The molecule has 0 bridgehead atoms. The maximum atomic E-state index is 5.46. The first kappa shape index (κ1) is 17.9. The minimum Gasteiger partial charge on any atom is -0.449 e. The Hall–Kier alpha value is -0.00610. The smallest absolute Gasteiger partial charge is 0 e. The SMILES string of the molecule is CC.[CH2-]c1ccccc1N.[CH3-].[Y]. The van der Waals surface area contributed by atoms with Crippen LogP contribution >= 0.6 is 0 Å². The van der Waals surface area contributed by atoms with Crippen LogP contribution < -0.4 is 5.73 Å². The van der Waals surface area contributed by atoms with Gasteiger partial charge in [0.2, 0.25) is 0 Å². The zero-order valence-corrected chi connectivity index (χ0v) is 11.0. The van der Waals surface area contributed by atoms with Crippen molar-refractivity contribution in [1.29, 1.82) is 0 Å². The van der Waals surface area contributed by atoms with Gasteiger partial charge in [0, 0.05) is 32.7 Å². The molecule has 67 valence electrons. The minimum absolute atomic E-state index is 0. The third-order valence-corrected chi connectivity index (χ3v) is 1.06. The van der Waals surface area contributed by atoms with Crippen LogP contribution in [0.2, 0.25) is 0 Å². The van der Waals surface area contributed by atoms with Gasteiger partial charge in [-0.05, 0) is 0 Å². The van der Waals surface area contributed by atoms with Crippen LogP contribution in [0.4, 0.5) is 5.69 Å². The largest absolute Gasteiger partial charge is 0.449 e. The van der Waals surface area contributed by atoms with Crippen LogP contribution in [-0.2, 0) is 32.7 Å². The van der Waals surface area contributed by atoms with Gasteiger partial charge in [0.1, 0.15) is 0 Å². The molecular weight excluding hydrogens is 223 g/mol. The maximum absolute atomic E-state index is 5.46. The van der Waals surface area contributed by atoms with Crippen LogP contribution in [0.3, 0.4) is 0 Å². The van der Waals surface area contributed by atoms with Crippen molar-refractivity contribution in [3.63, 3.8) is 0 Å². The Bertz CT molecular complexity index is 166. The van der Waals surface area contributed by atoms with Gasteiger partial charge in [-0.2, -0.15) is 18.6 Å². The van der Waals surface area contributed by atoms with E-state index in [9.17, 15) is 0 Å². The summed E-state index contributed by atoms with van der Waals surface area (Å²) < 4.78 is 0. The molecular formula is C10H17NY-2. The first-order chi connectivity index (χ1) is 4.80. The molecule has 0 amide bonds. The molecule has 0 spiro atoms. The van der Waals surface area contributed by atoms with Gasteiger partial charge in [-0.1, -0.05) is 31.7 Å². The normalized spacial score (nSPS) is 6.50. The molecule has 12 heavy (non-hydrogen) atoms. The van der Waals surface area contributed by atoms with Crippen LogP contribution in [0.1, 0.15) is 19.4 Å². The van der Waals surface area contributed by atoms with E-state index in [2.05, 4.69) is 6.92 Å². The summed E-state index contributed by atoms with van der Waals surface area (Å²) in [4.78, 5) is 0. The number of hydrogen-bond donors (Lipinski definition) is 1. The van der Waals surface area contributed by atoms with E-state index in [4.69, 9.17) is 5.73 Å². The van der Waals surface area contributed by atoms with E-state index >= 15 is 0 Å². The molecule has 0 fully saturated rings. The first-order valence-corrected chi connectivity index (χ1v) is 3.47. The van der Waals surface area contributed by atoms with Crippen LogP contribution in [0.25, 0.3) is 0 Å². The second-order valence-corrected chi connectivity index (χ2v) is 1.70. The van der Waals surface area contributed by atoms with Gasteiger partial charge < -0.3 is 13.2 Å². The van der Waals surface area contributed by atoms with Gasteiger partial charge in [-0.15, -0.1) is 6.07 Å². The fourth-order valence-electron chi connectivity index (χ4n) is 0.534. The number of nitrogens with two attached hydrogens (primary N) is 1. The number of benzene rings is 1. The van der Waals surface area contributed by atoms with Gasteiger partial charge >= 0.3 is 0 Å². The molecule has 0 aromatic heterocycles. The molecule has 0 saturated heterocycles. The summed E-state index contributed by atoms with van der Waals surface area (Å²) in [5, 5.41) is 0. The summed E-state index contributed by atoms with van der Waals surface area (Å²) in [7, 11) is 0. The first-order valence-electron chi connectivity index (χ1n) is 3.47. The average Bonchev–Trinajstić information content (AvgIpc) is 2.00. The van der Waals surface area contributed by atoms with Crippen molar-refractivity contribution in [3.8, 4) is 0 Å². The molecule has 2 heteroatoms. The van der Waals surface area contributed by atoms with Crippen molar-refractivity contribution in [1.82, 2.24) is 0 Å². The monoisotopic (exact) mass is 240 g/mol. The summed E-state index contributed by atoms with van der Waals surface area (Å²) in [6, 6.07) is 7.53. The summed E-state index contributed by atoms with van der Waals surface area (Å²) >= 11 is 0. The molecule has 0 atom stereocenters. The van der Waals surface area contributed by atoms with Crippen LogP contribution in [0.5, 0.6) is 0 Å². The summed E-state index contributed by atoms with van der Waals surface area (Å²) in [6.45, 7) is 7.70. The van der Waals surface area contributed by atoms with E-state index in [1.165, 1.54) is 0 Å². The van der Waals surface area contributed by atoms with Crippen molar-refractivity contribution < 1.29 is 32.7 Å². The predicted molar refractivity (Wildman–Crippen MR) is 53.1 cm³/mol. The van der Waals surface area contributed by atoms with E-state index in [0.717, 1.165) is 11.3 Å². The Labute approximate surface area is 102 Å². The Morgan fingerprint density at radius 1 is 1.17 bits per heavy atom. The Morgan fingerprint density at radius 2 is 1.58 bits per heavy atom. The molecule has 0 aliphatic rings. The molecule has 0 aliphatic heterocycles. The Morgan fingerprint density at radius 3 is 1.83 bits per heavy atom. The Balaban J connectivity index is -0.000000189. The third-order valence-electron chi connectivity index (χ3n) is 1.06. The van der Waals surface area contributed by atoms with Crippen molar-refractivity contribution in [2.24, 2.45) is 0 Å². The number of rotatable bonds is 0. The molecule has 1 radical (unpaired) electrons. The van der Waals surface area contributed by atoms with Gasteiger partial charge in [0.25, 0.3) is 0 Å². The Kier molecular flexibility index (Phi) is 16.4. The van der Waals surface area contributed by atoms with Crippen LogP contribution in [-0.4, -0.2) is 0 Å². The van der Waals surface area contributed by atoms with E-state index in [1.54, 1.807) is 0 Å². The number of para-hydroxylation sites is 1. The van der Waals surface area contributed by atoms with Crippen molar-refractivity contribution in [2.45, 2.75) is 13.8 Å². The second kappa shape index (κ2) is 11.0. The summed E-state index contributed by atoms with van der Waals surface area (Å²) in [5.41, 5.74) is 7.11. The van der Waals surface area contributed by atoms with E-state index in [0.29, 0.717) is 0 Å². The second-order valence-electron chi connectivity index (χ2n) is 1.70. The summed E-state index contributed by atoms with van der Waals surface area (Å²) in [5.74, 6) is 0. The van der Waals surface area contributed by atoms with E-state index < -0.39 is 0 Å². The molecule has 0 unspecified atom stereocenters. The number of anilines is 1. The molecule has 1 rings (SSSR count). The van der Waals surface area contributed by atoms with Crippen molar-refractivity contribution >= 4 is 5.69 Å². The molecule has 2 N–H and O–H groups in total. The predicted octanol–water partition coefficient (Wildman–Crippen LogP) is 2.92. The molecule has 0 aliphatic carbocycles. The van der Waals surface area contributed by atoms with E-state index in [-0.39, 0.29) is 40.1 Å². The average molecular weight is 240 g/mol. The van der Waals surface area contributed by atoms with Gasteiger partial charge in [-0.3, -0.25) is 0 Å². The molecule has 0 heterocycles. The zero-order valence-electron chi connectivity index (χ0n) is 8.17. The van der Waals surface area contributed by atoms with Gasteiger partial charge in [0.15, 0.2) is 0 Å². The van der Waals surface area contributed by atoms with Gasteiger partial charge in [-0.25, -0.2) is 0 Å². The number of nitrogen functional groups attached to an aromatic ring is 1. The topological polar surface area (TPSA) is 26.0 Å². The van der Waals surface area contributed by atoms with E-state index in [1.807, 2.05) is 38.1 Å². The number of hydrogen-bond acceptors (Lipinski definition) is 1. The standard InChI is InChI=1S/C7H8N.C2H6.CH3.Y/c1-6-4-2-3-5-7(6)8;1-2;;/h2-5H,1,8H2;1-2H3;1H3;/q-1;;-1;. The van der Waals surface area contributed by atoms with Crippen molar-refractivity contribution in [3.05, 3.63) is 44.2 Å². The molecule has 1 nitrogen and oxygen atoms in total. The fourth-order valence-corrected chi connectivity index (χ4v) is 0.534. The van der Waals surface area contributed by atoms with Crippen molar-refractivity contribution in [2.75, 3.05) is 5.73 Å². The molecule has 1 aromatic carbocycles. The zero-order chi connectivity index (χ0) is 7.98. The van der Waals surface area contributed by atoms with Gasteiger partial charge in [0.05, 0.1) is 0 Å².